The number of aliphatic hydroxyl groups excluding tert-OH is 1. The number of rotatable bonds is 9. The number of halogens is 1. The third-order valence-corrected chi connectivity index (χ3v) is 6.57. The molecule has 0 bridgehead atoms. The number of aliphatic imine (C=N–C) groups is 1. The number of hydrogen-bond donors (Lipinski definition) is 3. The number of hydrogen-bond acceptors (Lipinski definition) is 4. The van der Waals surface area contributed by atoms with E-state index in [0.29, 0.717) is 6.54 Å². The number of nitrogens with one attached hydrogen (secondary N) is 2. The van der Waals surface area contributed by atoms with E-state index in [2.05, 4.69) is 38.7 Å². The first-order chi connectivity index (χ1) is 13.8. The van der Waals surface area contributed by atoms with Gasteiger partial charge in [-0.1, -0.05) is 31.0 Å². The zero-order valence-electron chi connectivity index (χ0n) is 17.4. The van der Waals surface area contributed by atoms with Crippen LogP contribution in [0.4, 0.5) is 0 Å². The van der Waals surface area contributed by atoms with Gasteiger partial charge >= 0.3 is 0 Å². The summed E-state index contributed by atoms with van der Waals surface area (Å²) in [4.78, 5) is 7.86. The molecule has 5 nitrogen and oxygen atoms in total. The highest BCUT2D eigenvalue weighted by molar-refractivity contribution is 14.0. The number of nitrogens with zero attached hydrogens (tertiary/aromatic N) is 2. The van der Waals surface area contributed by atoms with Gasteiger partial charge in [-0.2, -0.15) is 0 Å². The van der Waals surface area contributed by atoms with Crippen molar-refractivity contribution in [1.29, 1.82) is 0 Å². The number of benzene rings is 1. The largest absolute Gasteiger partial charge is 0.386 e. The highest BCUT2D eigenvalue weighted by Gasteiger charge is 2.12. The lowest BCUT2D eigenvalue weighted by Crippen LogP contribution is -2.39. The van der Waals surface area contributed by atoms with Crippen molar-refractivity contribution in [2.75, 3.05) is 39.8 Å². The Hall–Kier alpha value is -0.900. The second-order valence-corrected chi connectivity index (χ2v) is 8.66. The van der Waals surface area contributed by atoms with Gasteiger partial charge in [-0.15, -0.1) is 35.3 Å². The number of aliphatic hydroxyl groups is 1. The van der Waals surface area contributed by atoms with Crippen LogP contribution in [0.1, 0.15) is 49.5 Å². The van der Waals surface area contributed by atoms with Gasteiger partial charge in [0.05, 0.1) is 0 Å². The maximum Gasteiger partial charge on any atom is 0.191 e. The number of guanidine groups is 1. The first kappa shape index (κ1) is 24.4. The number of thiophene rings is 1. The van der Waals surface area contributed by atoms with Gasteiger partial charge in [-0.3, -0.25) is 4.99 Å². The second kappa shape index (κ2) is 13.4. The van der Waals surface area contributed by atoms with Crippen LogP contribution in [0, 0.1) is 0 Å². The van der Waals surface area contributed by atoms with Crippen LogP contribution in [-0.4, -0.2) is 55.7 Å². The fourth-order valence-electron chi connectivity index (χ4n) is 3.71. The highest BCUT2D eigenvalue weighted by Crippen LogP contribution is 2.29. The van der Waals surface area contributed by atoms with E-state index in [1.165, 1.54) is 61.8 Å². The van der Waals surface area contributed by atoms with Crippen LogP contribution >= 0.6 is 35.3 Å². The quantitative estimate of drug-likeness (QED) is 0.195. The molecule has 2 heterocycles. The minimum absolute atomic E-state index is 0. The lowest BCUT2D eigenvalue weighted by molar-refractivity contribution is 0.184. The highest BCUT2D eigenvalue weighted by atomic mass is 127. The zero-order chi connectivity index (χ0) is 19.6. The Morgan fingerprint density at radius 3 is 2.69 bits per heavy atom. The third kappa shape index (κ3) is 8.03. The molecular formula is C22H35IN4OS. The Morgan fingerprint density at radius 2 is 1.93 bits per heavy atom. The summed E-state index contributed by atoms with van der Waals surface area (Å²) in [6, 6.07) is 10.3. The van der Waals surface area contributed by atoms with E-state index in [1.807, 2.05) is 12.1 Å². The van der Waals surface area contributed by atoms with Gasteiger partial charge in [-0.05, 0) is 62.8 Å². The number of likely N-dealkylation sites (tertiary alicyclic amines) is 1. The lowest BCUT2D eigenvalue weighted by atomic mass is 10.1. The van der Waals surface area contributed by atoms with E-state index < -0.39 is 6.10 Å². The Labute approximate surface area is 196 Å². The summed E-state index contributed by atoms with van der Waals surface area (Å²) in [6.07, 6.45) is 7.29. The van der Waals surface area contributed by atoms with E-state index >= 15 is 0 Å². The van der Waals surface area contributed by atoms with Crippen LogP contribution < -0.4 is 10.6 Å². The third-order valence-electron chi connectivity index (χ3n) is 5.35. The topological polar surface area (TPSA) is 59.9 Å². The van der Waals surface area contributed by atoms with Gasteiger partial charge in [0, 0.05) is 29.7 Å². The Balaban J connectivity index is 0.00000300. The molecule has 1 saturated heterocycles. The fourth-order valence-corrected chi connectivity index (χ4v) is 4.76. The van der Waals surface area contributed by atoms with E-state index in [4.69, 9.17) is 0 Å². The molecule has 2 aromatic rings. The van der Waals surface area contributed by atoms with E-state index in [-0.39, 0.29) is 24.0 Å². The smallest absolute Gasteiger partial charge is 0.191 e. The first-order valence-electron chi connectivity index (χ1n) is 10.6. The van der Waals surface area contributed by atoms with Crippen LogP contribution in [0.25, 0.3) is 10.1 Å². The molecule has 29 heavy (non-hydrogen) atoms. The molecule has 1 aromatic carbocycles. The van der Waals surface area contributed by atoms with Gasteiger partial charge in [0.15, 0.2) is 5.96 Å². The molecule has 1 unspecified atom stereocenters. The second-order valence-electron chi connectivity index (χ2n) is 7.55. The van der Waals surface area contributed by atoms with Gasteiger partial charge in [-0.25, -0.2) is 0 Å². The molecule has 1 atom stereocenters. The molecule has 1 aromatic heterocycles. The predicted molar refractivity (Wildman–Crippen MR) is 136 cm³/mol. The maximum absolute atomic E-state index is 10.5. The molecule has 0 spiro atoms. The van der Waals surface area contributed by atoms with Crippen LogP contribution in [0.2, 0.25) is 0 Å². The molecule has 0 radical (unpaired) electrons. The number of unbranched alkanes of at least 4 members (excludes halogenated alkanes) is 2. The molecule has 0 aliphatic carbocycles. The predicted octanol–water partition coefficient (Wildman–Crippen LogP) is 4.37. The summed E-state index contributed by atoms with van der Waals surface area (Å²) in [7, 11) is 1.78. The Bertz CT molecular complexity index is 712. The minimum Gasteiger partial charge on any atom is -0.386 e. The van der Waals surface area contributed by atoms with Gasteiger partial charge in [0.1, 0.15) is 6.10 Å². The summed E-state index contributed by atoms with van der Waals surface area (Å²) in [5.41, 5.74) is 0. The molecule has 0 amide bonds. The lowest BCUT2D eigenvalue weighted by Gasteiger charge is -2.26. The summed E-state index contributed by atoms with van der Waals surface area (Å²) >= 11 is 1.65. The average molecular weight is 531 g/mol. The van der Waals surface area contributed by atoms with Crippen molar-refractivity contribution in [2.24, 2.45) is 4.99 Å². The number of fused-ring (bicyclic) bond motifs is 1. The van der Waals surface area contributed by atoms with Crippen molar-refractivity contribution < 1.29 is 5.11 Å². The summed E-state index contributed by atoms with van der Waals surface area (Å²) < 4.78 is 1.21. The molecule has 3 N–H and O–H groups in total. The fraction of sp³-hybridized carbons (Fsp3) is 0.591. The van der Waals surface area contributed by atoms with Gasteiger partial charge in [0.25, 0.3) is 0 Å². The van der Waals surface area contributed by atoms with Gasteiger partial charge in [0.2, 0.25) is 0 Å². The Morgan fingerprint density at radius 1 is 1.14 bits per heavy atom. The van der Waals surface area contributed by atoms with Gasteiger partial charge < -0.3 is 20.6 Å². The monoisotopic (exact) mass is 530 g/mol. The first-order valence-corrected chi connectivity index (χ1v) is 11.4. The van der Waals surface area contributed by atoms with Crippen LogP contribution in [0.15, 0.2) is 35.3 Å². The van der Waals surface area contributed by atoms with E-state index in [0.717, 1.165) is 23.8 Å². The van der Waals surface area contributed by atoms with Crippen molar-refractivity contribution in [3.05, 3.63) is 35.2 Å². The molecule has 1 aliphatic rings. The summed E-state index contributed by atoms with van der Waals surface area (Å²) in [5.74, 6) is 0.760. The molecule has 7 heteroatoms. The van der Waals surface area contributed by atoms with Crippen LogP contribution in [-0.2, 0) is 0 Å². The molecular weight excluding hydrogens is 495 g/mol. The molecule has 0 saturated carbocycles. The van der Waals surface area contributed by atoms with Crippen molar-refractivity contribution in [3.63, 3.8) is 0 Å². The SMILES string of the molecule is CN=C(NCCCCCN1CCCCC1)NCC(O)c1cc2ccccc2s1.I. The normalized spacial score (nSPS) is 16.4. The summed E-state index contributed by atoms with van der Waals surface area (Å²) in [6.45, 7) is 5.20. The molecule has 1 fully saturated rings. The molecule has 162 valence electrons. The standard InChI is InChI=1S/C22H34N4OS.HI/c1-23-22(24-12-6-2-7-13-26-14-8-3-9-15-26)25-17-19(27)21-16-18-10-4-5-11-20(18)28-21;/h4-5,10-11,16,19,27H,2-3,6-9,12-15,17H2,1H3,(H2,23,24,25);1H. The Kier molecular flexibility index (Phi) is 11.3. The maximum atomic E-state index is 10.5. The van der Waals surface area contributed by atoms with Crippen molar-refractivity contribution in [3.8, 4) is 0 Å². The number of piperidine rings is 1. The van der Waals surface area contributed by atoms with E-state index in [9.17, 15) is 5.11 Å². The van der Waals surface area contributed by atoms with Crippen LogP contribution in [0.5, 0.6) is 0 Å². The van der Waals surface area contributed by atoms with Crippen molar-refractivity contribution in [1.82, 2.24) is 15.5 Å². The van der Waals surface area contributed by atoms with Crippen molar-refractivity contribution in [2.45, 2.75) is 44.6 Å². The van der Waals surface area contributed by atoms with E-state index in [1.54, 1.807) is 18.4 Å². The summed E-state index contributed by atoms with van der Waals surface area (Å²) in [5, 5.41) is 18.3. The molecule has 1 aliphatic heterocycles. The minimum atomic E-state index is -0.527. The molecule has 3 rings (SSSR count). The average Bonchev–Trinajstić information content (AvgIpc) is 3.17. The van der Waals surface area contributed by atoms with Crippen LogP contribution in [0.3, 0.4) is 0 Å². The van der Waals surface area contributed by atoms with Crippen molar-refractivity contribution >= 4 is 51.4 Å². The zero-order valence-corrected chi connectivity index (χ0v) is 20.5.